The van der Waals surface area contributed by atoms with Gasteiger partial charge in [-0.25, -0.2) is 0 Å². The van der Waals surface area contributed by atoms with Crippen LogP contribution in [0.15, 0.2) is 30.3 Å². The SMILES string of the molecule is NC1(COCCCc2ccccc2)CCCC1. The second kappa shape index (κ2) is 6.18. The Morgan fingerprint density at radius 3 is 2.53 bits per heavy atom. The third kappa shape index (κ3) is 4.14. The minimum atomic E-state index is -0.0211. The zero-order valence-corrected chi connectivity index (χ0v) is 10.5. The van der Waals surface area contributed by atoms with Crippen LogP contribution in [-0.2, 0) is 11.2 Å². The lowest BCUT2D eigenvalue weighted by Crippen LogP contribution is -2.41. The van der Waals surface area contributed by atoms with Gasteiger partial charge in [0.05, 0.1) is 6.61 Å². The van der Waals surface area contributed by atoms with Gasteiger partial charge in [-0.05, 0) is 31.2 Å². The van der Waals surface area contributed by atoms with Gasteiger partial charge in [-0.2, -0.15) is 0 Å². The molecular formula is C15H23NO. The lowest BCUT2D eigenvalue weighted by molar-refractivity contribution is 0.0852. The van der Waals surface area contributed by atoms with E-state index in [1.54, 1.807) is 0 Å². The maximum absolute atomic E-state index is 6.23. The van der Waals surface area contributed by atoms with Gasteiger partial charge in [0.15, 0.2) is 0 Å². The molecule has 0 atom stereocenters. The van der Waals surface area contributed by atoms with Crippen LogP contribution in [0.1, 0.15) is 37.7 Å². The highest BCUT2D eigenvalue weighted by atomic mass is 16.5. The van der Waals surface area contributed by atoms with Gasteiger partial charge in [0.25, 0.3) is 0 Å². The summed E-state index contributed by atoms with van der Waals surface area (Å²) >= 11 is 0. The fourth-order valence-corrected chi connectivity index (χ4v) is 2.52. The van der Waals surface area contributed by atoms with Crippen molar-refractivity contribution >= 4 is 0 Å². The van der Waals surface area contributed by atoms with Gasteiger partial charge in [0.2, 0.25) is 0 Å². The topological polar surface area (TPSA) is 35.2 Å². The molecule has 0 radical (unpaired) electrons. The summed E-state index contributed by atoms with van der Waals surface area (Å²) in [7, 11) is 0. The van der Waals surface area contributed by atoms with E-state index in [0.717, 1.165) is 38.9 Å². The van der Waals surface area contributed by atoms with E-state index in [-0.39, 0.29) is 5.54 Å². The fourth-order valence-electron chi connectivity index (χ4n) is 2.52. The number of hydrogen-bond donors (Lipinski definition) is 1. The largest absolute Gasteiger partial charge is 0.380 e. The summed E-state index contributed by atoms with van der Waals surface area (Å²) in [6, 6.07) is 10.6. The summed E-state index contributed by atoms with van der Waals surface area (Å²) in [4.78, 5) is 0. The molecule has 1 aromatic carbocycles. The number of hydrogen-bond acceptors (Lipinski definition) is 2. The van der Waals surface area contributed by atoms with Crippen LogP contribution in [0.3, 0.4) is 0 Å². The number of rotatable bonds is 6. The minimum absolute atomic E-state index is 0.0211. The first-order valence-corrected chi connectivity index (χ1v) is 6.69. The number of nitrogens with two attached hydrogens (primary N) is 1. The molecule has 94 valence electrons. The molecule has 0 aromatic heterocycles. The summed E-state index contributed by atoms with van der Waals surface area (Å²) < 4.78 is 5.72. The molecule has 0 heterocycles. The van der Waals surface area contributed by atoms with Crippen molar-refractivity contribution in [3.8, 4) is 0 Å². The van der Waals surface area contributed by atoms with Crippen LogP contribution in [0.2, 0.25) is 0 Å². The molecule has 1 fully saturated rings. The first kappa shape index (κ1) is 12.6. The van der Waals surface area contributed by atoms with Gasteiger partial charge in [-0.1, -0.05) is 43.2 Å². The second-order valence-electron chi connectivity index (χ2n) is 5.21. The van der Waals surface area contributed by atoms with Crippen molar-refractivity contribution in [3.63, 3.8) is 0 Å². The van der Waals surface area contributed by atoms with Crippen molar-refractivity contribution in [3.05, 3.63) is 35.9 Å². The molecule has 1 aromatic rings. The average Bonchev–Trinajstić information content (AvgIpc) is 2.77. The molecule has 0 bridgehead atoms. The van der Waals surface area contributed by atoms with Gasteiger partial charge < -0.3 is 10.5 Å². The van der Waals surface area contributed by atoms with Gasteiger partial charge in [0.1, 0.15) is 0 Å². The van der Waals surface area contributed by atoms with Crippen LogP contribution in [-0.4, -0.2) is 18.8 Å². The zero-order chi connectivity index (χ0) is 12.0. The monoisotopic (exact) mass is 233 g/mol. The lowest BCUT2D eigenvalue weighted by Gasteiger charge is -2.23. The summed E-state index contributed by atoms with van der Waals surface area (Å²) in [6.07, 6.45) is 6.98. The standard InChI is InChI=1S/C15H23NO/c16-15(10-4-5-11-15)13-17-12-6-9-14-7-2-1-3-8-14/h1-3,7-8H,4-6,9-13,16H2. The molecule has 1 aliphatic rings. The Labute approximate surface area is 104 Å². The van der Waals surface area contributed by atoms with Crippen molar-refractivity contribution in [2.24, 2.45) is 5.73 Å². The summed E-state index contributed by atoms with van der Waals surface area (Å²) in [6.45, 7) is 1.57. The van der Waals surface area contributed by atoms with E-state index in [2.05, 4.69) is 30.3 Å². The molecule has 2 N–H and O–H groups in total. The molecule has 0 amide bonds. The van der Waals surface area contributed by atoms with Crippen LogP contribution < -0.4 is 5.73 Å². The summed E-state index contributed by atoms with van der Waals surface area (Å²) in [5, 5.41) is 0. The van der Waals surface area contributed by atoms with Gasteiger partial charge in [-0.3, -0.25) is 0 Å². The molecule has 2 nitrogen and oxygen atoms in total. The fraction of sp³-hybridized carbons (Fsp3) is 0.600. The van der Waals surface area contributed by atoms with Crippen LogP contribution in [0.4, 0.5) is 0 Å². The highest BCUT2D eigenvalue weighted by molar-refractivity contribution is 5.14. The molecule has 0 aliphatic heterocycles. The number of aryl methyl sites for hydroxylation is 1. The predicted octanol–water partition coefficient (Wildman–Crippen LogP) is 2.91. The Balaban J connectivity index is 1.58. The van der Waals surface area contributed by atoms with Gasteiger partial charge in [0, 0.05) is 12.1 Å². The van der Waals surface area contributed by atoms with Crippen molar-refractivity contribution in [1.82, 2.24) is 0 Å². The molecular weight excluding hydrogens is 210 g/mol. The van der Waals surface area contributed by atoms with Crippen LogP contribution in [0, 0.1) is 0 Å². The molecule has 0 saturated heterocycles. The number of ether oxygens (including phenoxy) is 1. The van der Waals surface area contributed by atoms with E-state index in [0.29, 0.717) is 0 Å². The van der Waals surface area contributed by atoms with E-state index < -0.39 is 0 Å². The first-order valence-electron chi connectivity index (χ1n) is 6.69. The second-order valence-corrected chi connectivity index (χ2v) is 5.21. The van der Waals surface area contributed by atoms with E-state index in [4.69, 9.17) is 10.5 Å². The maximum Gasteiger partial charge on any atom is 0.0646 e. The lowest BCUT2D eigenvalue weighted by atomic mass is 10.0. The minimum Gasteiger partial charge on any atom is -0.380 e. The van der Waals surface area contributed by atoms with Crippen molar-refractivity contribution in [2.75, 3.05) is 13.2 Å². The maximum atomic E-state index is 6.23. The van der Waals surface area contributed by atoms with Crippen molar-refractivity contribution in [1.29, 1.82) is 0 Å². The highest BCUT2D eigenvalue weighted by Crippen LogP contribution is 2.27. The Morgan fingerprint density at radius 1 is 1.12 bits per heavy atom. The van der Waals surface area contributed by atoms with Crippen LogP contribution in [0.5, 0.6) is 0 Å². The molecule has 2 heteroatoms. The Bertz CT molecular complexity index is 317. The van der Waals surface area contributed by atoms with Gasteiger partial charge >= 0.3 is 0 Å². The normalized spacial score (nSPS) is 18.4. The third-order valence-electron chi connectivity index (χ3n) is 3.59. The summed E-state index contributed by atoms with van der Waals surface area (Å²) in [5.41, 5.74) is 7.59. The van der Waals surface area contributed by atoms with Crippen LogP contribution in [0.25, 0.3) is 0 Å². The summed E-state index contributed by atoms with van der Waals surface area (Å²) in [5.74, 6) is 0. The average molecular weight is 233 g/mol. The van der Waals surface area contributed by atoms with Crippen molar-refractivity contribution in [2.45, 2.75) is 44.1 Å². The molecule has 1 saturated carbocycles. The highest BCUT2D eigenvalue weighted by Gasteiger charge is 2.29. The van der Waals surface area contributed by atoms with E-state index in [9.17, 15) is 0 Å². The molecule has 1 aliphatic carbocycles. The quantitative estimate of drug-likeness (QED) is 0.767. The smallest absolute Gasteiger partial charge is 0.0646 e. The number of benzene rings is 1. The van der Waals surface area contributed by atoms with Gasteiger partial charge in [-0.15, -0.1) is 0 Å². The van der Waals surface area contributed by atoms with Crippen LogP contribution >= 0.6 is 0 Å². The third-order valence-corrected chi connectivity index (χ3v) is 3.59. The first-order chi connectivity index (χ1) is 8.29. The zero-order valence-electron chi connectivity index (χ0n) is 10.5. The molecule has 2 rings (SSSR count). The Kier molecular flexibility index (Phi) is 4.57. The van der Waals surface area contributed by atoms with E-state index in [1.807, 2.05) is 0 Å². The van der Waals surface area contributed by atoms with Crippen molar-refractivity contribution < 1.29 is 4.74 Å². The molecule has 0 spiro atoms. The van der Waals surface area contributed by atoms with E-state index in [1.165, 1.54) is 18.4 Å². The Hall–Kier alpha value is -0.860. The molecule has 0 unspecified atom stereocenters. The predicted molar refractivity (Wildman–Crippen MR) is 71.0 cm³/mol. The molecule has 17 heavy (non-hydrogen) atoms. The van der Waals surface area contributed by atoms with E-state index >= 15 is 0 Å². The Morgan fingerprint density at radius 2 is 1.82 bits per heavy atom.